The predicted molar refractivity (Wildman–Crippen MR) is 133 cm³/mol. The van der Waals surface area contributed by atoms with Gasteiger partial charge in [-0.25, -0.2) is 4.39 Å². The quantitative estimate of drug-likeness (QED) is 0.564. The highest BCUT2D eigenvalue weighted by molar-refractivity contribution is 5.85. The second kappa shape index (κ2) is 11.3. The predicted octanol–water partition coefficient (Wildman–Crippen LogP) is 4.14. The number of hydrogen-bond donors (Lipinski definition) is 1. The molecule has 2 bridgehead atoms. The Morgan fingerprint density at radius 3 is 2.36 bits per heavy atom. The third-order valence-electron chi connectivity index (χ3n) is 6.46. The van der Waals surface area contributed by atoms with Gasteiger partial charge in [0.05, 0.1) is 0 Å². The van der Waals surface area contributed by atoms with E-state index in [1.54, 1.807) is 12.4 Å². The van der Waals surface area contributed by atoms with Crippen molar-refractivity contribution < 1.29 is 4.39 Å². The van der Waals surface area contributed by atoms with E-state index in [1.807, 2.05) is 34.9 Å². The van der Waals surface area contributed by atoms with Crippen LogP contribution in [0.15, 0.2) is 65.7 Å². The summed E-state index contributed by atoms with van der Waals surface area (Å²) in [5.74, 6) is 0.727. The van der Waals surface area contributed by atoms with Crippen molar-refractivity contribution >= 4 is 24.8 Å². The Balaban J connectivity index is 0.00000153. The van der Waals surface area contributed by atoms with Gasteiger partial charge in [0.1, 0.15) is 5.82 Å². The molecule has 2 aliphatic heterocycles. The zero-order valence-corrected chi connectivity index (χ0v) is 20.0. The summed E-state index contributed by atoms with van der Waals surface area (Å²) in [4.78, 5) is 19.7. The first-order valence-corrected chi connectivity index (χ1v) is 10.9. The molecule has 0 saturated carbocycles. The Morgan fingerprint density at radius 2 is 1.64 bits per heavy atom. The van der Waals surface area contributed by atoms with E-state index >= 15 is 0 Å². The fourth-order valence-electron chi connectivity index (χ4n) is 4.96. The van der Waals surface area contributed by atoms with Crippen LogP contribution >= 0.6 is 24.8 Å². The Labute approximate surface area is 205 Å². The summed E-state index contributed by atoms with van der Waals surface area (Å²) in [7, 11) is 0. The molecule has 1 saturated heterocycles. The molecule has 3 aromatic rings. The van der Waals surface area contributed by atoms with Crippen molar-refractivity contribution in [2.45, 2.75) is 38.5 Å². The van der Waals surface area contributed by atoms with Gasteiger partial charge in [-0.05, 0) is 60.3 Å². The molecular weight excluding hydrogens is 462 g/mol. The van der Waals surface area contributed by atoms with Crippen molar-refractivity contribution in [3.63, 3.8) is 0 Å². The Bertz CT molecular complexity index is 1110. The second-order valence-corrected chi connectivity index (χ2v) is 8.78. The molecule has 8 heteroatoms. The van der Waals surface area contributed by atoms with E-state index in [0.29, 0.717) is 31.5 Å². The Morgan fingerprint density at radius 1 is 0.939 bits per heavy atom. The molecule has 2 aliphatic rings. The van der Waals surface area contributed by atoms with Crippen LogP contribution < -0.4 is 10.9 Å². The number of nitrogens with one attached hydrogen (secondary N) is 1. The lowest BCUT2D eigenvalue weighted by molar-refractivity contribution is 0.239. The fraction of sp³-hybridized carbons (Fsp3) is 0.360. The number of nitrogens with zero attached hydrogens (tertiary/aromatic N) is 3. The van der Waals surface area contributed by atoms with Crippen molar-refractivity contribution in [3.8, 4) is 0 Å². The lowest BCUT2D eigenvalue weighted by atomic mass is 9.84. The number of pyridine rings is 2. The van der Waals surface area contributed by atoms with Gasteiger partial charge < -0.3 is 9.88 Å². The lowest BCUT2D eigenvalue weighted by Gasteiger charge is -2.37. The van der Waals surface area contributed by atoms with Crippen LogP contribution in [0.1, 0.15) is 34.7 Å². The lowest BCUT2D eigenvalue weighted by Crippen LogP contribution is -2.45. The zero-order valence-electron chi connectivity index (χ0n) is 18.3. The number of aromatic nitrogens is 2. The van der Waals surface area contributed by atoms with Gasteiger partial charge in [0.2, 0.25) is 0 Å². The van der Waals surface area contributed by atoms with Gasteiger partial charge in [0, 0.05) is 62.3 Å². The summed E-state index contributed by atoms with van der Waals surface area (Å²) >= 11 is 0. The molecule has 0 amide bonds. The molecule has 5 rings (SSSR count). The Hall–Kier alpha value is -2.25. The van der Waals surface area contributed by atoms with Crippen molar-refractivity contribution in [3.05, 3.63) is 99.5 Å². The average molecular weight is 491 g/mol. The monoisotopic (exact) mass is 490 g/mol. The van der Waals surface area contributed by atoms with Crippen LogP contribution in [0.25, 0.3) is 0 Å². The van der Waals surface area contributed by atoms with Gasteiger partial charge in [-0.3, -0.25) is 14.7 Å². The van der Waals surface area contributed by atoms with Gasteiger partial charge >= 0.3 is 0 Å². The van der Waals surface area contributed by atoms with E-state index in [0.717, 1.165) is 42.0 Å². The molecule has 33 heavy (non-hydrogen) atoms. The van der Waals surface area contributed by atoms with Crippen LogP contribution in [0, 0.1) is 11.7 Å². The molecule has 1 aromatic carbocycles. The van der Waals surface area contributed by atoms with Crippen LogP contribution in [0.2, 0.25) is 0 Å². The fourth-order valence-corrected chi connectivity index (χ4v) is 4.96. The summed E-state index contributed by atoms with van der Waals surface area (Å²) in [6, 6.07) is 14.7. The third-order valence-corrected chi connectivity index (χ3v) is 6.46. The number of benzene rings is 1. The van der Waals surface area contributed by atoms with E-state index < -0.39 is 0 Å². The topological polar surface area (TPSA) is 50.2 Å². The van der Waals surface area contributed by atoms with Crippen LogP contribution in [-0.4, -0.2) is 27.5 Å². The minimum absolute atomic E-state index is 0. The molecule has 176 valence electrons. The molecule has 4 heterocycles. The molecular formula is C25H29Cl2FN4O. The molecule has 1 N–H and O–H groups in total. The molecule has 5 nitrogen and oxygen atoms in total. The van der Waals surface area contributed by atoms with Crippen LogP contribution in [0.4, 0.5) is 4.39 Å². The van der Waals surface area contributed by atoms with Gasteiger partial charge in [0.15, 0.2) is 0 Å². The van der Waals surface area contributed by atoms with Gasteiger partial charge in [-0.2, -0.15) is 0 Å². The van der Waals surface area contributed by atoms with E-state index in [4.69, 9.17) is 0 Å². The first kappa shape index (κ1) is 25.4. The standard InChI is InChI=1S/C25H27FN4O.2ClH/c26-23-4-1-18(2-5-23)14-29(15-19-7-9-27-10-8-19)17-21-3-6-24-22-11-20(12-28-13-22)16-30(24)25(21)31;;/h1-10,20,22,28H,11-17H2;2*1H/t20-,22+;;/m0../s1. The SMILES string of the molecule is Cl.Cl.O=c1c(CN(Cc2ccncc2)Cc2ccc(F)cc2)ccc2n1C[C@@H]1CNC[C@H]2C1. The summed E-state index contributed by atoms with van der Waals surface area (Å²) in [6.45, 7) is 4.62. The van der Waals surface area contributed by atoms with Crippen molar-refractivity contribution in [1.82, 2.24) is 19.8 Å². The third kappa shape index (κ3) is 5.82. The summed E-state index contributed by atoms with van der Waals surface area (Å²) in [6.07, 6.45) is 4.74. The van der Waals surface area contributed by atoms with Gasteiger partial charge in [0.25, 0.3) is 5.56 Å². The summed E-state index contributed by atoms with van der Waals surface area (Å²) < 4.78 is 15.4. The minimum Gasteiger partial charge on any atom is -0.316 e. The van der Waals surface area contributed by atoms with Crippen molar-refractivity contribution in [2.24, 2.45) is 5.92 Å². The molecule has 2 atom stereocenters. The number of hydrogen-bond acceptors (Lipinski definition) is 4. The maximum Gasteiger partial charge on any atom is 0.255 e. The zero-order chi connectivity index (χ0) is 21.2. The largest absolute Gasteiger partial charge is 0.316 e. The van der Waals surface area contributed by atoms with Crippen molar-refractivity contribution in [2.75, 3.05) is 13.1 Å². The molecule has 0 unspecified atom stereocenters. The highest BCUT2D eigenvalue weighted by Crippen LogP contribution is 2.31. The molecule has 0 spiro atoms. The summed E-state index contributed by atoms with van der Waals surface area (Å²) in [5.41, 5.74) is 4.27. The normalized spacial score (nSPS) is 18.7. The highest BCUT2D eigenvalue weighted by atomic mass is 35.5. The maximum atomic E-state index is 13.4. The van der Waals surface area contributed by atoms with E-state index in [1.165, 1.54) is 18.6 Å². The molecule has 1 fully saturated rings. The molecule has 0 radical (unpaired) electrons. The van der Waals surface area contributed by atoms with Crippen LogP contribution in [0.5, 0.6) is 0 Å². The smallest absolute Gasteiger partial charge is 0.255 e. The number of halogens is 3. The first-order chi connectivity index (χ1) is 15.2. The number of piperidine rings is 1. The van der Waals surface area contributed by atoms with Crippen LogP contribution in [0.3, 0.4) is 0 Å². The molecule has 0 aliphatic carbocycles. The van der Waals surface area contributed by atoms with Gasteiger partial charge in [-0.1, -0.05) is 18.2 Å². The van der Waals surface area contributed by atoms with E-state index in [2.05, 4.69) is 21.3 Å². The highest BCUT2D eigenvalue weighted by Gasteiger charge is 2.31. The van der Waals surface area contributed by atoms with E-state index in [-0.39, 0.29) is 36.2 Å². The summed E-state index contributed by atoms with van der Waals surface area (Å²) in [5, 5.41) is 3.50. The maximum absolute atomic E-state index is 13.4. The van der Waals surface area contributed by atoms with Crippen LogP contribution in [-0.2, 0) is 26.2 Å². The minimum atomic E-state index is -0.239. The van der Waals surface area contributed by atoms with Gasteiger partial charge in [-0.15, -0.1) is 24.8 Å². The first-order valence-electron chi connectivity index (χ1n) is 10.9. The van der Waals surface area contributed by atoms with E-state index in [9.17, 15) is 9.18 Å². The second-order valence-electron chi connectivity index (χ2n) is 8.78. The van der Waals surface area contributed by atoms with Crippen molar-refractivity contribution in [1.29, 1.82) is 0 Å². The molecule has 2 aromatic heterocycles. The Kier molecular flexibility index (Phi) is 8.65. The number of fused-ring (bicyclic) bond motifs is 4. The average Bonchev–Trinajstić information content (AvgIpc) is 2.78. The number of rotatable bonds is 6.